The minimum atomic E-state index is -0.571. The topological polar surface area (TPSA) is 98.1 Å². The molecule has 5 rings (SSSR count). The Morgan fingerprint density at radius 1 is 0.872 bits per heavy atom. The van der Waals surface area contributed by atoms with Crippen LogP contribution in [0.25, 0.3) is 5.69 Å². The zero-order valence-electron chi connectivity index (χ0n) is 20.3. The summed E-state index contributed by atoms with van der Waals surface area (Å²) in [7, 11) is 0. The van der Waals surface area contributed by atoms with Crippen molar-refractivity contribution in [2.45, 2.75) is 6.54 Å². The predicted molar refractivity (Wildman–Crippen MR) is 141 cm³/mol. The number of ether oxygens (including phenoxy) is 1. The van der Waals surface area contributed by atoms with Crippen molar-refractivity contribution in [2.75, 3.05) is 5.32 Å². The van der Waals surface area contributed by atoms with Gasteiger partial charge in [-0.25, -0.2) is 8.78 Å². The highest BCUT2D eigenvalue weighted by Crippen LogP contribution is 2.29. The van der Waals surface area contributed by atoms with Crippen molar-refractivity contribution in [3.63, 3.8) is 0 Å². The summed E-state index contributed by atoms with van der Waals surface area (Å²) >= 11 is 0. The minimum Gasteiger partial charge on any atom is -0.453 e. The van der Waals surface area contributed by atoms with Gasteiger partial charge in [0, 0.05) is 17.4 Å². The SMILES string of the molecule is O=C(NCc1ccccn1)c1ccc(Nc2c(Oc3ccc(F)cc3)cnn(-c3ccc(F)cc3)c2=O)cc1. The Balaban J connectivity index is 1.41. The highest BCUT2D eigenvalue weighted by atomic mass is 19.1. The number of hydrogen-bond acceptors (Lipinski definition) is 6. The van der Waals surface area contributed by atoms with Crippen molar-refractivity contribution in [2.24, 2.45) is 0 Å². The van der Waals surface area contributed by atoms with Gasteiger partial charge in [0.25, 0.3) is 11.5 Å². The number of halogens is 2. The molecule has 2 aromatic heterocycles. The molecule has 2 N–H and O–H groups in total. The van der Waals surface area contributed by atoms with E-state index in [9.17, 15) is 18.4 Å². The van der Waals surface area contributed by atoms with Crippen molar-refractivity contribution in [3.8, 4) is 17.2 Å². The van der Waals surface area contributed by atoms with Crippen LogP contribution < -0.4 is 20.9 Å². The van der Waals surface area contributed by atoms with Crippen LogP contribution in [0.1, 0.15) is 16.1 Å². The van der Waals surface area contributed by atoms with Crippen molar-refractivity contribution < 1.29 is 18.3 Å². The smallest absolute Gasteiger partial charge is 0.299 e. The molecule has 3 aromatic carbocycles. The molecule has 39 heavy (non-hydrogen) atoms. The van der Waals surface area contributed by atoms with Crippen LogP contribution in [0.4, 0.5) is 20.2 Å². The predicted octanol–water partition coefficient (Wildman–Crippen LogP) is 5.37. The molecule has 0 aliphatic heterocycles. The van der Waals surface area contributed by atoms with E-state index in [2.05, 4.69) is 20.7 Å². The summed E-state index contributed by atoms with van der Waals surface area (Å²) in [5.74, 6) is -0.794. The van der Waals surface area contributed by atoms with Crippen LogP contribution in [0.2, 0.25) is 0 Å². The average molecular weight is 526 g/mol. The number of benzene rings is 3. The van der Waals surface area contributed by atoms with Gasteiger partial charge in [0.15, 0.2) is 11.4 Å². The molecular formula is C29H21F2N5O3. The number of carbonyl (C=O) groups is 1. The van der Waals surface area contributed by atoms with Crippen molar-refractivity contribution in [1.29, 1.82) is 0 Å². The van der Waals surface area contributed by atoms with E-state index in [0.717, 1.165) is 10.4 Å². The van der Waals surface area contributed by atoms with Gasteiger partial charge < -0.3 is 15.4 Å². The molecule has 0 radical (unpaired) electrons. The maximum Gasteiger partial charge on any atom is 0.299 e. The lowest BCUT2D eigenvalue weighted by atomic mass is 10.2. The highest BCUT2D eigenvalue weighted by Gasteiger charge is 2.16. The molecule has 0 bridgehead atoms. The summed E-state index contributed by atoms with van der Waals surface area (Å²) < 4.78 is 33.7. The number of anilines is 2. The summed E-state index contributed by atoms with van der Waals surface area (Å²) in [6.45, 7) is 0.281. The lowest BCUT2D eigenvalue weighted by molar-refractivity contribution is 0.0950. The maximum atomic E-state index is 13.5. The standard InChI is InChI=1S/C29H21F2N5O3/c30-20-6-12-24(13-7-20)36-29(38)27(26(18-34-36)39-25-14-8-21(31)9-15-25)35-22-10-4-19(5-11-22)28(37)33-17-23-3-1-2-16-32-23/h1-16,18,35H,17H2,(H,33,37). The third-order valence-electron chi connectivity index (χ3n) is 5.63. The molecule has 0 atom stereocenters. The molecule has 194 valence electrons. The fraction of sp³-hybridized carbons (Fsp3) is 0.0345. The van der Waals surface area contributed by atoms with Gasteiger partial charge in [0.05, 0.1) is 24.1 Å². The quantitative estimate of drug-likeness (QED) is 0.283. The zero-order valence-corrected chi connectivity index (χ0v) is 20.3. The third-order valence-corrected chi connectivity index (χ3v) is 5.63. The second-order valence-electron chi connectivity index (χ2n) is 8.34. The summed E-state index contributed by atoms with van der Waals surface area (Å²) in [5, 5.41) is 10.00. The Hall–Kier alpha value is -5.38. The van der Waals surface area contributed by atoms with Gasteiger partial charge >= 0.3 is 0 Å². The van der Waals surface area contributed by atoms with E-state index in [1.54, 1.807) is 36.5 Å². The van der Waals surface area contributed by atoms with Gasteiger partial charge in [-0.05, 0) is 84.9 Å². The highest BCUT2D eigenvalue weighted by molar-refractivity contribution is 5.94. The molecule has 2 heterocycles. The Bertz CT molecular complexity index is 1640. The van der Waals surface area contributed by atoms with Crippen molar-refractivity contribution >= 4 is 17.3 Å². The van der Waals surface area contributed by atoms with Crippen LogP contribution in [-0.4, -0.2) is 20.7 Å². The first-order valence-electron chi connectivity index (χ1n) is 11.8. The number of hydrogen-bond donors (Lipinski definition) is 2. The van der Waals surface area contributed by atoms with Gasteiger partial charge in [-0.15, -0.1) is 0 Å². The van der Waals surface area contributed by atoms with Gasteiger partial charge in [-0.2, -0.15) is 9.78 Å². The molecule has 10 heteroatoms. The first-order chi connectivity index (χ1) is 19.0. The molecule has 0 aliphatic carbocycles. The molecule has 0 fully saturated rings. The van der Waals surface area contributed by atoms with Crippen LogP contribution in [0.5, 0.6) is 11.5 Å². The van der Waals surface area contributed by atoms with Crippen molar-refractivity contribution in [3.05, 3.63) is 137 Å². The number of aromatic nitrogens is 3. The van der Waals surface area contributed by atoms with E-state index in [1.165, 1.54) is 54.7 Å². The molecule has 0 saturated heterocycles. The van der Waals surface area contributed by atoms with Gasteiger partial charge in [-0.1, -0.05) is 6.07 Å². The van der Waals surface area contributed by atoms with Gasteiger partial charge in [0.1, 0.15) is 17.4 Å². The Morgan fingerprint density at radius 2 is 1.56 bits per heavy atom. The van der Waals surface area contributed by atoms with Crippen LogP contribution in [0.15, 0.2) is 108 Å². The molecule has 0 unspecified atom stereocenters. The van der Waals surface area contributed by atoms with Crippen molar-refractivity contribution in [1.82, 2.24) is 20.1 Å². The van der Waals surface area contributed by atoms with E-state index < -0.39 is 17.2 Å². The van der Waals surface area contributed by atoms with E-state index in [1.807, 2.05) is 12.1 Å². The lowest BCUT2D eigenvalue weighted by Crippen LogP contribution is -2.24. The van der Waals surface area contributed by atoms with E-state index in [0.29, 0.717) is 22.7 Å². The monoisotopic (exact) mass is 525 g/mol. The number of nitrogens with one attached hydrogen (secondary N) is 2. The number of pyridine rings is 1. The number of carbonyl (C=O) groups excluding carboxylic acids is 1. The van der Waals surface area contributed by atoms with Crippen LogP contribution in [-0.2, 0) is 6.54 Å². The average Bonchev–Trinajstić information content (AvgIpc) is 2.96. The fourth-order valence-electron chi connectivity index (χ4n) is 3.65. The van der Waals surface area contributed by atoms with E-state index >= 15 is 0 Å². The minimum absolute atomic E-state index is 0.0333. The summed E-state index contributed by atoms with van der Waals surface area (Å²) in [6, 6.07) is 22.5. The first-order valence-corrected chi connectivity index (χ1v) is 11.8. The third kappa shape index (κ3) is 6.13. The van der Waals surface area contributed by atoms with Gasteiger partial charge in [0.2, 0.25) is 0 Å². The zero-order chi connectivity index (χ0) is 27.2. The first kappa shape index (κ1) is 25.3. The number of nitrogens with zero attached hydrogens (tertiary/aromatic N) is 3. The molecule has 5 aromatic rings. The Labute approximate surface area is 221 Å². The normalized spacial score (nSPS) is 10.6. The fourth-order valence-corrected chi connectivity index (χ4v) is 3.65. The molecule has 0 aliphatic rings. The number of amides is 1. The molecule has 0 saturated carbocycles. The van der Waals surface area contributed by atoms with Crippen LogP contribution in [0.3, 0.4) is 0 Å². The van der Waals surface area contributed by atoms with Gasteiger partial charge in [-0.3, -0.25) is 14.6 Å². The van der Waals surface area contributed by atoms with Crippen LogP contribution >= 0.6 is 0 Å². The maximum absolute atomic E-state index is 13.5. The Kier molecular flexibility index (Phi) is 7.35. The molecule has 1 amide bonds. The molecular weight excluding hydrogens is 504 g/mol. The molecule has 0 spiro atoms. The second-order valence-corrected chi connectivity index (χ2v) is 8.34. The summed E-state index contributed by atoms with van der Waals surface area (Å²) in [6.07, 6.45) is 2.98. The largest absolute Gasteiger partial charge is 0.453 e. The summed E-state index contributed by atoms with van der Waals surface area (Å²) in [4.78, 5) is 30.2. The molecule has 8 nitrogen and oxygen atoms in total. The lowest BCUT2D eigenvalue weighted by Gasteiger charge is -2.15. The summed E-state index contributed by atoms with van der Waals surface area (Å²) in [5.41, 5.74) is 1.45. The van der Waals surface area contributed by atoms with E-state index in [4.69, 9.17) is 4.74 Å². The number of rotatable bonds is 8. The Morgan fingerprint density at radius 3 is 2.23 bits per heavy atom. The van der Waals surface area contributed by atoms with Crippen LogP contribution in [0, 0.1) is 11.6 Å². The second kappa shape index (κ2) is 11.3. The van der Waals surface area contributed by atoms with E-state index in [-0.39, 0.29) is 23.9 Å².